The first-order valence-corrected chi connectivity index (χ1v) is 12.8. The van der Waals surface area contributed by atoms with Gasteiger partial charge in [-0.1, -0.05) is 42.5 Å². The number of imidazole rings is 1. The number of H-pyrrole nitrogens is 2. The second kappa shape index (κ2) is 9.64. The van der Waals surface area contributed by atoms with Crippen molar-refractivity contribution in [2.75, 3.05) is 16.9 Å². The number of nitrogens with one attached hydrogen (secondary N) is 3. The van der Waals surface area contributed by atoms with Gasteiger partial charge in [0.15, 0.2) is 11.5 Å². The Morgan fingerprint density at radius 1 is 1.14 bits per heavy atom. The van der Waals surface area contributed by atoms with Gasteiger partial charge in [0.05, 0.1) is 32.9 Å². The normalized spacial score (nSPS) is 11.4. The summed E-state index contributed by atoms with van der Waals surface area (Å²) in [5, 5.41) is 11.0. The molecule has 0 unspecified atom stereocenters. The monoisotopic (exact) mass is 594 g/mol. The van der Waals surface area contributed by atoms with Crippen molar-refractivity contribution in [3.8, 4) is 22.6 Å². The van der Waals surface area contributed by atoms with E-state index in [-0.39, 0.29) is 17.7 Å². The minimum Gasteiger partial charge on any atom is -0.337 e. The standard InChI is InChI=1S/C25H23IN8O2/c1-13(2)24(35)29-16-7-14(9-27-11-16)15-8-18-21(32-33-22(18)28-10-15)23-30-19-6-4-5-17(20(19)31-23)25(36)34(3)12-26/h4-11,13H,12H2,1-3H3,(H,29,35)(H,30,31)(H,28,32,33). The van der Waals surface area contributed by atoms with Crippen LogP contribution in [0.15, 0.2) is 48.9 Å². The molecule has 0 radical (unpaired) electrons. The Labute approximate surface area is 220 Å². The van der Waals surface area contributed by atoms with Crippen molar-refractivity contribution >= 4 is 62.2 Å². The van der Waals surface area contributed by atoms with E-state index in [1.54, 1.807) is 36.6 Å². The molecule has 36 heavy (non-hydrogen) atoms. The molecule has 0 bridgehead atoms. The summed E-state index contributed by atoms with van der Waals surface area (Å²) in [5.74, 6) is 0.221. The number of alkyl halides is 1. The summed E-state index contributed by atoms with van der Waals surface area (Å²) >= 11 is 2.15. The predicted molar refractivity (Wildman–Crippen MR) is 147 cm³/mol. The molecule has 11 heteroatoms. The number of hydrogen-bond acceptors (Lipinski definition) is 6. The fourth-order valence-corrected chi connectivity index (χ4v) is 4.08. The van der Waals surface area contributed by atoms with Crippen molar-refractivity contribution in [1.82, 2.24) is 35.0 Å². The Morgan fingerprint density at radius 2 is 1.94 bits per heavy atom. The number of aromatic amines is 2. The largest absolute Gasteiger partial charge is 0.337 e. The van der Waals surface area contributed by atoms with Gasteiger partial charge in [-0.3, -0.25) is 19.7 Å². The van der Waals surface area contributed by atoms with Gasteiger partial charge in [0.2, 0.25) is 5.91 Å². The number of amides is 2. The molecular formula is C25H23IN8O2. The van der Waals surface area contributed by atoms with Gasteiger partial charge in [0.25, 0.3) is 5.91 Å². The zero-order valence-electron chi connectivity index (χ0n) is 19.8. The Balaban J connectivity index is 1.55. The average Bonchev–Trinajstić information content (AvgIpc) is 3.51. The van der Waals surface area contributed by atoms with Crippen molar-refractivity contribution in [3.63, 3.8) is 0 Å². The van der Waals surface area contributed by atoms with Gasteiger partial charge in [-0.05, 0) is 24.3 Å². The quantitative estimate of drug-likeness (QED) is 0.149. The number of anilines is 1. The first-order chi connectivity index (χ1) is 17.4. The summed E-state index contributed by atoms with van der Waals surface area (Å²) in [6, 6.07) is 9.30. The molecule has 3 N–H and O–H groups in total. The van der Waals surface area contributed by atoms with Crippen LogP contribution in [0.1, 0.15) is 24.2 Å². The number of carbonyl (C=O) groups excluding carboxylic acids is 2. The Hall–Kier alpha value is -3.87. The Morgan fingerprint density at radius 3 is 2.72 bits per heavy atom. The number of fused-ring (bicyclic) bond motifs is 2. The SMILES string of the molecule is CC(C)C(=O)Nc1cncc(-c2cnc3[nH]nc(-c4nc5c(C(=O)N(C)CI)cccc5[nH]4)c3c2)c1. The van der Waals surface area contributed by atoms with Crippen molar-refractivity contribution in [2.24, 2.45) is 5.92 Å². The summed E-state index contributed by atoms with van der Waals surface area (Å²) in [6.07, 6.45) is 5.06. The van der Waals surface area contributed by atoms with Crippen LogP contribution in [0.3, 0.4) is 0 Å². The van der Waals surface area contributed by atoms with E-state index in [0.717, 1.165) is 22.0 Å². The maximum Gasteiger partial charge on any atom is 0.256 e. The molecule has 2 amide bonds. The topological polar surface area (TPSA) is 133 Å². The lowest BCUT2D eigenvalue weighted by Crippen LogP contribution is -2.25. The average molecular weight is 594 g/mol. The van der Waals surface area contributed by atoms with Gasteiger partial charge < -0.3 is 15.2 Å². The van der Waals surface area contributed by atoms with E-state index in [2.05, 4.69) is 53.1 Å². The highest BCUT2D eigenvalue weighted by molar-refractivity contribution is 14.1. The maximum absolute atomic E-state index is 12.8. The first-order valence-electron chi connectivity index (χ1n) is 11.3. The minimum atomic E-state index is -0.137. The lowest BCUT2D eigenvalue weighted by molar-refractivity contribution is -0.118. The molecule has 0 aliphatic heterocycles. The van der Waals surface area contributed by atoms with Crippen LogP contribution in [-0.4, -0.2) is 58.4 Å². The van der Waals surface area contributed by atoms with Crippen LogP contribution in [0.2, 0.25) is 0 Å². The molecule has 1 aromatic carbocycles. The molecule has 0 fully saturated rings. The van der Waals surface area contributed by atoms with Crippen LogP contribution < -0.4 is 5.32 Å². The highest BCUT2D eigenvalue weighted by atomic mass is 127. The molecule has 4 heterocycles. The lowest BCUT2D eigenvalue weighted by Gasteiger charge is -2.13. The highest BCUT2D eigenvalue weighted by Gasteiger charge is 2.20. The lowest BCUT2D eigenvalue weighted by atomic mass is 10.1. The van der Waals surface area contributed by atoms with Gasteiger partial charge in [-0.25, -0.2) is 9.97 Å². The molecule has 0 saturated heterocycles. The molecule has 4 aromatic heterocycles. The molecular weight excluding hydrogens is 571 g/mol. The number of aromatic nitrogens is 6. The number of para-hydroxylation sites is 1. The maximum atomic E-state index is 12.8. The highest BCUT2D eigenvalue weighted by Crippen LogP contribution is 2.30. The van der Waals surface area contributed by atoms with Crippen molar-refractivity contribution in [1.29, 1.82) is 0 Å². The summed E-state index contributed by atoms with van der Waals surface area (Å²) < 4.78 is 0.569. The molecule has 0 atom stereocenters. The van der Waals surface area contributed by atoms with Gasteiger partial charge in [-0.2, -0.15) is 5.10 Å². The summed E-state index contributed by atoms with van der Waals surface area (Å²) in [7, 11) is 1.76. The molecule has 10 nitrogen and oxygen atoms in total. The summed E-state index contributed by atoms with van der Waals surface area (Å²) in [5.41, 5.74) is 5.29. The van der Waals surface area contributed by atoms with Crippen LogP contribution >= 0.6 is 22.6 Å². The van der Waals surface area contributed by atoms with E-state index in [4.69, 9.17) is 4.98 Å². The van der Waals surface area contributed by atoms with Gasteiger partial charge >= 0.3 is 0 Å². The molecule has 0 aliphatic carbocycles. The van der Waals surface area contributed by atoms with E-state index < -0.39 is 0 Å². The number of pyridine rings is 2. The van der Waals surface area contributed by atoms with Crippen LogP contribution in [-0.2, 0) is 4.79 Å². The van der Waals surface area contributed by atoms with Crippen LogP contribution in [0, 0.1) is 5.92 Å². The van der Waals surface area contributed by atoms with Gasteiger partial charge in [0, 0.05) is 36.5 Å². The molecule has 5 rings (SSSR count). The fourth-order valence-electron chi connectivity index (χ4n) is 3.77. The molecule has 0 spiro atoms. The van der Waals surface area contributed by atoms with E-state index in [1.807, 2.05) is 38.1 Å². The molecule has 0 saturated carbocycles. The van der Waals surface area contributed by atoms with Crippen LogP contribution in [0.4, 0.5) is 5.69 Å². The number of benzene rings is 1. The van der Waals surface area contributed by atoms with Crippen LogP contribution in [0.5, 0.6) is 0 Å². The second-order valence-corrected chi connectivity index (χ2v) is 9.39. The molecule has 0 aliphatic rings. The fraction of sp³-hybridized carbons (Fsp3) is 0.200. The zero-order valence-corrected chi connectivity index (χ0v) is 22.0. The van der Waals surface area contributed by atoms with E-state index in [9.17, 15) is 9.59 Å². The van der Waals surface area contributed by atoms with E-state index >= 15 is 0 Å². The van der Waals surface area contributed by atoms with Crippen LogP contribution in [0.25, 0.3) is 44.7 Å². The number of rotatable bonds is 6. The Kier molecular flexibility index (Phi) is 6.39. The van der Waals surface area contributed by atoms with Crippen molar-refractivity contribution in [3.05, 3.63) is 54.5 Å². The number of hydrogen-bond donors (Lipinski definition) is 3. The number of halogens is 1. The first kappa shape index (κ1) is 23.9. The Bertz CT molecular complexity index is 1610. The number of carbonyl (C=O) groups is 2. The third-order valence-corrected chi connectivity index (χ3v) is 6.80. The predicted octanol–water partition coefficient (Wildman–Crippen LogP) is 4.62. The zero-order chi connectivity index (χ0) is 25.4. The molecule has 182 valence electrons. The third-order valence-electron chi connectivity index (χ3n) is 5.77. The third kappa shape index (κ3) is 4.41. The van der Waals surface area contributed by atoms with E-state index in [0.29, 0.717) is 38.5 Å². The molecule has 5 aromatic rings. The van der Waals surface area contributed by atoms with Gasteiger partial charge in [0.1, 0.15) is 11.2 Å². The summed E-state index contributed by atoms with van der Waals surface area (Å²) in [4.78, 5) is 43.4. The van der Waals surface area contributed by atoms with Gasteiger partial charge in [-0.15, -0.1) is 0 Å². The minimum absolute atomic E-state index is 0.0768. The smallest absolute Gasteiger partial charge is 0.256 e. The second-order valence-electron chi connectivity index (χ2n) is 8.71. The number of nitrogens with zero attached hydrogens (tertiary/aromatic N) is 5. The van der Waals surface area contributed by atoms with E-state index in [1.165, 1.54) is 0 Å². The van der Waals surface area contributed by atoms with Crippen molar-refractivity contribution < 1.29 is 9.59 Å². The summed E-state index contributed by atoms with van der Waals surface area (Å²) in [6.45, 7) is 3.67. The van der Waals surface area contributed by atoms with Crippen molar-refractivity contribution in [2.45, 2.75) is 13.8 Å².